The highest BCUT2D eigenvalue weighted by atomic mass is 79.9. The second kappa shape index (κ2) is 23.1. The predicted octanol–water partition coefficient (Wildman–Crippen LogP) is 7.19. The summed E-state index contributed by atoms with van der Waals surface area (Å²) >= 11 is 2.96. The number of ketones is 2. The van der Waals surface area contributed by atoms with Crippen LogP contribution in [0.15, 0.2) is 98.1 Å². The van der Waals surface area contributed by atoms with Gasteiger partial charge in [-0.1, -0.05) is 15.9 Å². The van der Waals surface area contributed by atoms with Crippen LogP contribution < -0.4 is 24.0 Å². The number of Topliss-reactive ketones (excluding diaryl/α,β-unsaturated/α-hetero) is 2. The number of rotatable bonds is 14. The zero-order chi connectivity index (χ0) is 55.5. The van der Waals surface area contributed by atoms with E-state index in [1.54, 1.807) is 41.6 Å². The number of ether oxygens (including phenoxy) is 3. The molecule has 23 heteroatoms. The molecule has 79 heavy (non-hydrogen) atoms. The van der Waals surface area contributed by atoms with Gasteiger partial charge in [-0.2, -0.15) is 20.7 Å². The Kier molecular flexibility index (Phi) is 15.7. The van der Waals surface area contributed by atoms with Crippen molar-refractivity contribution in [2.45, 2.75) is 63.9 Å². The zero-order valence-electron chi connectivity index (χ0n) is 43.5. The summed E-state index contributed by atoms with van der Waals surface area (Å²) in [6.07, 6.45) is 15.2. The number of anilines is 2. The van der Waals surface area contributed by atoms with Crippen LogP contribution in [0.5, 0.6) is 23.3 Å². The van der Waals surface area contributed by atoms with Gasteiger partial charge in [0.25, 0.3) is 0 Å². The van der Waals surface area contributed by atoms with Gasteiger partial charge < -0.3 is 29.1 Å². The zero-order valence-corrected chi connectivity index (χ0v) is 45.1. The number of hydrogen-bond acceptors (Lipinski definition) is 18. The van der Waals surface area contributed by atoms with E-state index in [1.807, 2.05) is 30.3 Å². The minimum Gasteiger partial charge on any atom is -0.506 e. The number of nitriles is 2. The first-order valence-electron chi connectivity index (χ1n) is 25.2. The molecule has 4 bridgehead atoms. The van der Waals surface area contributed by atoms with Crippen molar-refractivity contribution in [3.63, 3.8) is 0 Å². The molecule has 6 aliphatic heterocycles. The summed E-state index contributed by atoms with van der Waals surface area (Å²) in [6, 6.07) is 20.1. The monoisotopic (exact) mass is 1130 g/mol. The van der Waals surface area contributed by atoms with Crippen molar-refractivity contribution in [1.29, 1.82) is 10.5 Å². The molecule has 0 spiro atoms. The molecule has 8 aromatic rings. The first-order chi connectivity index (χ1) is 38.2. The molecule has 8 aromatic heterocycles. The highest BCUT2D eigenvalue weighted by Crippen LogP contribution is 2.39. The number of nitrogens with zero attached hydrogens (tertiary/aromatic N) is 14. The molecule has 1 N–H and O–H groups in total. The lowest BCUT2D eigenvalue weighted by molar-refractivity contribution is -0.119. The average molecular weight is 1140 g/mol. The second-order valence-corrected chi connectivity index (χ2v) is 20.2. The number of hydrogen-bond donors (Lipinski definition) is 1. The van der Waals surface area contributed by atoms with Gasteiger partial charge in [-0.05, 0) is 86.3 Å². The lowest BCUT2D eigenvalue weighted by atomic mass is 9.87. The Morgan fingerprint density at radius 1 is 0.658 bits per heavy atom. The first-order valence-corrected chi connectivity index (χ1v) is 26.4. The number of halogens is 3. The number of aromatic hydroxyl groups is 1. The van der Waals surface area contributed by atoms with Gasteiger partial charge in [0.1, 0.15) is 47.7 Å². The quantitative estimate of drug-likeness (QED) is 0.106. The fraction of sp³-hybridized carbons (Fsp3) is 0.321. The van der Waals surface area contributed by atoms with E-state index in [1.165, 1.54) is 63.3 Å². The van der Waals surface area contributed by atoms with Crippen molar-refractivity contribution in [2.75, 3.05) is 62.1 Å². The van der Waals surface area contributed by atoms with Crippen LogP contribution in [0.3, 0.4) is 0 Å². The molecule has 6 fully saturated rings. The predicted molar refractivity (Wildman–Crippen MR) is 290 cm³/mol. The van der Waals surface area contributed by atoms with Crippen LogP contribution in [-0.4, -0.2) is 142 Å². The fourth-order valence-corrected chi connectivity index (χ4v) is 10.6. The Hall–Kier alpha value is -8.64. The van der Waals surface area contributed by atoms with E-state index in [2.05, 4.69) is 72.8 Å². The van der Waals surface area contributed by atoms with Crippen molar-refractivity contribution in [2.24, 2.45) is 0 Å². The molecule has 0 aromatic carbocycles. The molecular weight excluding hydrogens is 1080 g/mol. The van der Waals surface area contributed by atoms with Crippen LogP contribution in [0.1, 0.15) is 48.9 Å². The highest BCUT2D eigenvalue weighted by molar-refractivity contribution is 9.09. The van der Waals surface area contributed by atoms with Gasteiger partial charge >= 0.3 is 0 Å². The smallest absolute Gasteiger partial charge is 0.250 e. The largest absolute Gasteiger partial charge is 0.506 e. The van der Waals surface area contributed by atoms with E-state index < -0.39 is 11.6 Å². The SMILES string of the molecule is CC(=O)CBr.COc1ncc(CN2C3CC2CN(c2ccc(-c4cc(O)cn5ncc(C#N)c45)cn2)C3)cc1F.COc1ncc(CN2C3CC2CN(c2ccc(-c4cc(OCC(C)=O)cn5ncc(C#N)c45)cn2)C3)cc1F. The summed E-state index contributed by atoms with van der Waals surface area (Å²) in [5.74, 6) is 1.51. The fourth-order valence-electron chi connectivity index (χ4n) is 10.6. The number of piperidine rings is 2. The third-order valence-corrected chi connectivity index (χ3v) is 15.1. The van der Waals surface area contributed by atoms with E-state index in [4.69, 9.17) is 19.2 Å². The Labute approximate surface area is 461 Å². The molecule has 0 amide bonds. The normalized spacial score (nSPS) is 18.2. The standard InChI is InChI=1S/C28H26FN7O3.C25H22FN7O2.C3H5BrO/c1-17(37)16-39-23-7-24(27-20(8-30)11-33-36(27)15-23)19-3-4-26(31-10-19)34-13-21-6-22(14-34)35(21)12-18-5-25(29)28(38-2)32-9-18;1-35-25-22(26)4-15(8-29-25)11-32-18-5-19(32)13-31(12-18)23-3-2-16(9-28-23)21-6-20(34)14-33-24(21)17(7-27)10-30-33;1-3(5)2-4/h3-5,7,9-11,15,21-22H,6,12-14,16H2,1-2H3;2-4,6,8-10,14,18-19,34H,5,11-13H2,1H3;2H2,1H3. The van der Waals surface area contributed by atoms with Gasteiger partial charge in [-0.25, -0.2) is 37.7 Å². The van der Waals surface area contributed by atoms with Crippen molar-refractivity contribution < 1.29 is 37.7 Å². The van der Waals surface area contributed by atoms with Crippen LogP contribution in [0.25, 0.3) is 33.3 Å². The molecule has 20 nitrogen and oxygen atoms in total. The van der Waals surface area contributed by atoms with Crippen molar-refractivity contribution in [1.82, 2.24) is 49.0 Å². The van der Waals surface area contributed by atoms with Crippen molar-refractivity contribution >= 4 is 50.2 Å². The number of aromatic nitrogens is 8. The molecule has 0 saturated carbocycles. The number of fused-ring (bicyclic) bond motifs is 6. The van der Waals surface area contributed by atoms with Crippen molar-refractivity contribution in [3.8, 4) is 57.7 Å². The van der Waals surface area contributed by atoms with Crippen LogP contribution in [0, 0.1) is 34.3 Å². The van der Waals surface area contributed by atoms with Crippen LogP contribution in [0.4, 0.5) is 20.4 Å². The lowest BCUT2D eigenvalue weighted by Crippen LogP contribution is -2.68. The average Bonchev–Trinajstić information content (AvgIpc) is 4.20. The summed E-state index contributed by atoms with van der Waals surface area (Å²) < 4.78 is 46.7. The van der Waals surface area contributed by atoms with E-state index in [0.29, 0.717) is 76.1 Å². The van der Waals surface area contributed by atoms with Gasteiger partial charge in [-0.15, -0.1) is 0 Å². The Bertz CT molecular complexity index is 3640. The maximum absolute atomic E-state index is 14.1. The summed E-state index contributed by atoms with van der Waals surface area (Å²) in [4.78, 5) is 48.0. The summed E-state index contributed by atoms with van der Waals surface area (Å²) in [7, 11) is 2.82. The van der Waals surface area contributed by atoms with Crippen molar-refractivity contribution in [3.05, 3.63) is 132 Å². The van der Waals surface area contributed by atoms with Crippen LogP contribution >= 0.6 is 15.9 Å². The van der Waals surface area contributed by atoms with Gasteiger partial charge in [0.15, 0.2) is 17.4 Å². The molecule has 0 aliphatic carbocycles. The number of carbonyl (C=O) groups is 2. The Morgan fingerprint density at radius 2 is 1.11 bits per heavy atom. The molecule has 6 saturated heterocycles. The van der Waals surface area contributed by atoms with Gasteiger partial charge in [0.05, 0.1) is 66.5 Å². The number of methoxy groups -OCH3 is 2. The summed E-state index contributed by atoms with van der Waals surface area (Å²) in [5, 5.41) is 38.1. The minimum atomic E-state index is -0.447. The minimum absolute atomic E-state index is 0.0105. The third kappa shape index (κ3) is 11.4. The summed E-state index contributed by atoms with van der Waals surface area (Å²) in [6.45, 7) is 7.59. The van der Waals surface area contributed by atoms with E-state index in [-0.39, 0.29) is 35.7 Å². The lowest BCUT2D eigenvalue weighted by Gasteiger charge is -2.56. The Morgan fingerprint density at radius 3 is 1.51 bits per heavy atom. The molecule has 14 heterocycles. The number of piperazine rings is 2. The molecule has 6 aliphatic rings. The molecule has 4 atom stereocenters. The molecular formula is C56H53BrF2N14O6. The van der Waals surface area contributed by atoms with E-state index in [9.17, 15) is 34.0 Å². The topological polar surface area (TPSA) is 229 Å². The van der Waals surface area contributed by atoms with Gasteiger partial charge in [0.2, 0.25) is 11.8 Å². The number of carbonyl (C=O) groups excluding carboxylic acids is 2. The van der Waals surface area contributed by atoms with E-state index in [0.717, 1.165) is 78.5 Å². The van der Waals surface area contributed by atoms with Crippen LogP contribution in [0.2, 0.25) is 0 Å². The summed E-state index contributed by atoms with van der Waals surface area (Å²) in [5.41, 5.74) is 6.89. The molecule has 14 rings (SSSR count). The second-order valence-electron chi connectivity index (χ2n) is 19.7. The third-order valence-electron chi connectivity index (χ3n) is 14.4. The Balaban J connectivity index is 0.000000165. The maximum Gasteiger partial charge on any atom is 0.250 e. The van der Waals surface area contributed by atoms with Gasteiger partial charge in [-0.3, -0.25) is 19.4 Å². The molecule has 0 radical (unpaired) electrons. The van der Waals surface area contributed by atoms with Crippen LogP contribution in [-0.2, 0) is 22.7 Å². The van der Waals surface area contributed by atoms with Gasteiger partial charge in [0, 0.05) is 110 Å². The van der Waals surface area contributed by atoms with E-state index >= 15 is 0 Å². The maximum atomic E-state index is 14.1. The number of pyridine rings is 6. The molecule has 404 valence electrons. The molecule has 4 unspecified atom stereocenters. The number of alkyl halides is 1. The highest BCUT2D eigenvalue weighted by Gasteiger charge is 2.46. The first kappa shape index (κ1) is 53.7.